The van der Waals surface area contributed by atoms with Crippen LogP contribution in [0, 0.1) is 0 Å². The number of rotatable bonds is 6. The largest absolute Gasteiger partial charge is 0.481 e. The van der Waals surface area contributed by atoms with E-state index in [2.05, 4.69) is 23.8 Å². The van der Waals surface area contributed by atoms with Gasteiger partial charge in [0.25, 0.3) is 0 Å². The van der Waals surface area contributed by atoms with Gasteiger partial charge in [-0.3, -0.25) is 9.69 Å². The van der Waals surface area contributed by atoms with E-state index >= 15 is 0 Å². The van der Waals surface area contributed by atoms with Crippen molar-refractivity contribution in [3.63, 3.8) is 0 Å². The maximum absolute atomic E-state index is 10.6. The zero-order chi connectivity index (χ0) is 12.0. The molecule has 0 saturated carbocycles. The first-order valence-electron chi connectivity index (χ1n) is 6.28. The van der Waals surface area contributed by atoms with E-state index in [0.29, 0.717) is 12.5 Å². The van der Waals surface area contributed by atoms with Gasteiger partial charge >= 0.3 is 5.97 Å². The first kappa shape index (κ1) is 13.5. The Kier molecular flexibility index (Phi) is 5.77. The van der Waals surface area contributed by atoms with Gasteiger partial charge in [-0.25, -0.2) is 0 Å². The molecular weight excluding hydrogens is 204 g/mol. The highest BCUT2D eigenvalue weighted by Gasteiger charge is 2.22. The number of carboxylic acids is 1. The van der Waals surface area contributed by atoms with Gasteiger partial charge in [0, 0.05) is 38.6 Å². The van der Waals surface area contributed by atoms with Crippen LogP contribution in [0.25, 0.3) is 0 Å². The Morgan fingerprint density at radius 3 is 2.38 bits per heavy atom. The van der Waals surface area contributed by atoms with E-state index in [4.69, 9.17) is 5.11 Å². The van der Waals surface area contributed by atoms with Crippen molar-refractivity contribution in [3.8, 4) is 0 Å². The first-order chi connectivity index (χ1) is 7.63. The van der Waals surface area contributed by atoms with E-state index in [1.165, 1.54) is 0 Å². The third-order valence-electron chi connectivity index (χ3n) is 3.37. The molecule has 0 spiro atoms. The van der Waals surface area contributed by atoms with Crippen LogP contribution < -0.4 is 0 Å². The van der Waals surface area contributed by atoms with Crippen LogP contribution in [0.2, 0.25) is 0 Å². The fourth-order valence-electron chi connectivity index (χ4n) is 2.32. The zero-order valence-electron chi connectivity index (χ0n) is 10.5. The lowest BCUT2D eigenvalue weighted by Crippen LogP contribution is -2.49. The van der Waals surface area contributed by atoms with Crippen molar-refractivity contribution in [2.45, 2.75) is 38.6 Å². The van der Waals surface area contributed by atoms with Crippen molar-refractivity contribution in [3.05, 3.63) is 0 Å². The summed E-state index contributed by atoms with van der Waals surface area (Å²) in [6.07, 6.45) is 3.36. The van der Waals surface area contributed by atoms with Gasteiger partial charge in [-0.1, -0.05) is 13.3 Å². The van der Waals surface area contributed by atoms with Crippen LogP contribution in [0.3, 0.4) is 0 Å². The number of carboxylic acid groups (broad SMARTS) is 1. The Balaban J connectivity index is 2.39. The molecule has 94 valence electrons. The lowest BCUT2D eigenvalue weighted by Gasteiger charge is -2.38. The van der Waals surface area contributed by atoms with Crippen molar-refractivity contribution in [1.29, 1.82) is 0 Å². The molecule has 1 unspecified atom stereocenters. The molecular formula is C12H24N2O2. The summed E-state index contributed by atoms with van der Waals surface area (Å²) in [5, 5.41) is 8.74. The topological polar surface area (TPSA) is 43.8 Å². The molecule has 1 N–H and O–H groups in total. The van der Waals surface area contributed by atoms with E-state index in [1.54, 1.807) is 0 Å². The van der Waals surface area contributed by atoms with Gasteiger partial charge in [-0.2, -0.15) is 0 Å². The second-order valence-electron chi connectivity index (χ2n) is 4.71. The number of hydrogen-bond acceptors (Lipinski definition) is 3. The van der Waals surface area contributed by atoms with Gasteiger partial charge in [0.05, 0.1) is 0 Å². The number of likely N-dealkylation sites (N-methyl/N-ethyl adjacent to an activating group) is 1. The van der Waals surface area contributed by atoms with Crippen LogP contribution in [0.4, 0.5) is 0 Å². The van der Waals surface area contributed by atoms with Crippen molar-refractivity contribution >= 4 is 5.97 Å². The lowest BCUT2D eigenvalue weighted by molar-refractivity contribution is -0.137. The SMILES string of the molecule is CCCC(CCC(=O)O)N1CCN(C)CC1. The minimum atomic E-state index is -0.671. The average Bonchev–Trinajstić information content (AvgIpc) is 2.25. The van der Waals surface area contributed by atoms with Crippen molar-refractivity contribution in [2.24, 2.45) is 0 Å². The van der Waals surface area contributed by atoms with Gasteiger partial charge in [0.1, 0.15) is 0 Å². The Morgan fingerprint density at radius 2 is 1.88 bits per heavy atom. The van der Waals surface area contributed by atoms with Crippen LogP contribution in [0.15, 0.2) is 0 Å². The smallest absolute Gasteiger partial charge is 0.303 e. The standard InChI is InChI=1S/C12H24N2O2/c1-3-4-11(5-6-12(15)16)14-9-7-13(2)8-10-14/h11H,3-10H2,1-2H3,(H,15,16). The number of carbonyl (C=O) groups is 1. The molecule has 1 aliphatic heterocycles. The molecule has 4 heteroatoms. The molecule has 0 aliphatic carbocycles. The van der Waals surface area contributed by atoms with Crippen LogP contribution >= 0.6 is 0 Å². The number of aliphatic carboxylic acids is 1. The third-order valence-corrected chi connectivity index (χ3v) is 3.37. The molecule has 1 heterocycles. The maximum Gasteiger partial charge on any atom is 0.303 e. The normalized spacial score (nSPS) is 20.9. The predicted octanol–water partition coefficient (Wildman–Crippen LogP) is 1.27. The van der Waals surface area contributed by atoms with Crippen molar-refractivity contribution in [2.75, 3.05) is 33.2 Å². The minimum Gasteiger partial charge on any atom is -0.481 e. The van der Waals surface area contributed by atoms with E-state index in [1.807, 2.05) is 0 Å². The highest BCUT2D eigenvalue weighted by molar-refractivity contribution is 5.66. The van der Waals surface area contributed by atoms with Crippen LogP contribution in [0.5, 0.6) is 0 Å². The second-order valence-corrected chi connectivity index (χ2v) is 4.71. The van der Waals surface area contributed by atoms with Crippen molar-refractivity contribution < 1.29 is 9.90 Å². The third kappa shape index (κ3) is 4.49. The van der Waals surface area contributed by atoms with E-state index < -0.39 is 5.97 Å². The van der Waals surface area contributed by atoms with Crippen LogP contribution in [-0.4, -0.2) is 60.1 Å². The number of nitrogens with zero attached hydrogens (tertiary/aromatic N) is 2. The van der Waals surface area contributed by atoms with E-state index in [-0.39, 0.29) is 0 Å². The van der Waals surface area contributed by atoms with E-state index in [9.17, 15) is 4.79 Å². The Bertz CT molecular complexity index is 213. The number of hydrogen-bond donors (Lipinski definition) is 1. The summed E-state index contributed by atoms with van der Waals surface area (Å²) in [5.74, 6) is -0.671. The molecule has 1 rings (SSSR count). The second kappa shape index (κ2) is 6.86. The summed E-state index contributed by atoms with van der Waals surface area (Å²) < 4.78 is 0. The van der Waals surface area contributed by atoms with Gasteiger partial charge in [0.2, 0.25) is 0 Å². The molecule has 0 amide bonds. The van der Waals surface area contributed by atoms with Gasteiger partial charge < -0.3 is 10.0 Å². The van der Waals surface area contributed by atoms with Gasteiger partial charge in [-0.15, -0.1) is 0 Å². The minimum absolute atomic E-state index is 0.303. The molecule has 16 heavy (non-hydrogen) atoms. The zero-order valence-corrected chi connectivity index (χ0v) is 10.5. The monoisotopic (exact) mass is 228 g/mol. The maximum atomic E-state index is 10.6. The first-order valence-corrected chi connectivity index (χ1v) is 6.28. The van der Waals surface area contributed by atoms with Crippen LogP contribution in [-0.2, 0) is 4.79 Å². The van der Waals surface area contributed by atoms with Gasteiger partial charge in [-0.05, 0) is 19.9 Å². The summed E-state index contributed by atoms with van der Waals surface area (Å²) >= 11 is 0. The quantitative estimate of drug-likeness (QED) is 0.743. The highest BCUT2D eigenvalue weighted by Crippen LogP contribution is 2.15. The summed E-state index contributed by atoms with van der Waals surface area (Å²) in [6.45, 7) is 6.55. The summed E-state index contributed by atoms with van der Waals surface area (Å²) in [5.41, 5.74) is 0. The van der Waals surface area contributed by atoms with Crippen LogP contribution in [0.1, 0.15) is 32.6 Å². The molecule has 1 aliphatic rings. The molecule has 1 saturated heterocycles. The average molecular weight is 228 g/mol. The van der Waals surface area contributed by atoms with Gasteiger partial charge in [0.15, 0.2) is 0 Å². The Labute approximate surface area is 98.2 Å². The summed E-state index contributed by atoms with van der Waals surface area (Å²) in [7, 11) is 2.14. The lowest BCUT2D eigenvalue weighted by atomic mass is 10.0. The highest BCUT2D eigenvalue weighted by atomic mass is 16.4. The molecule has 4 nitrogen and oxygen atoms in total. The Hall–Kier alpha value is -0.610. The summed E-state index contributed by atoms with van der Waals surface area (Å²) in [4.78, 5) is 15.4. The molecule has 1 atom stereocenters. The van der Waals surface area contributed by atoms with Crippen molar-refractivity contribution in [1.82, 2.24) is 9.80 Å². The Morgan fingerprint density at radius 1 is 1.25 bits per heavy atom. The fourth-order valence-corrected chi connectivity index (χ4v) is 2.32. The molecule has 0 aromatic rings. The molecule has 1 fully saturated rings. The fraction of sp³-hybridized carbons (Fsp3) is 0.917. The summed E-state index contributed by atoms with van der Waals surface area (Å²) in [6, 6.07) is 0.467. The van der Waals surface area contributed by atoms with E-state index in [0.717, 1.165) is 45.4 Å². The number of piperazine rings is 1. The molecule has 0 bridgehead atoms. The molecule has 0 radical (unpaired) electrons. The predicted molar refractivity (Wildman–Crippen MR) is 64.6 cm³/mol. The molecule has 0 aromatic carbocycles. The molecule has 0 aromatic heterocycles.